The zero-order valence-corrected chi connectivity index (χ0v) is 17.5. The molecule has 4 nitrogen and oxygen atoms in total. The molecule has 2 aliphatic heterocycles. The molecular weight excluding hydrogens is 457 g/mol. The van der Waals surface area contributed by atoms with Crippen LogP contribution >= 0.6 is 0 Å². The third-order valence-corrected chi connectivity index (χ3v) is 14.6. The van der Waals surface area contributed by atoms with Crippen molar-refractivity contribution < 1.29 is 42.0 Å². The van der Waals surface area contributed by atoms with Gasteiger partial charge in [-0.15, -0.1) is 0 Å². The Morgan fingerprint density at radius 3 is 2.57 bits per heavy atom. The molecule has 5 heteroatoms. The maximum absolute atomic E-state index is 12.6. The predicted molar refractivity (Wildman–Crippen MR) is 69.5 cm³/mol. The first kappa shape index (κ1) is 13.7. The summed E-state index contributed by atoms with van der Waals surface area (Å²) in [4.78, 5) is 23.8. The molecule has 0 radical (unpaired) electrons. The molecule has 2 aliphatic carbocycles. The monoisotopic (exact) mass is 474 g/mol. The van der Waals surface area contributed by atoms with Crippen molar-refractivity contribution in [3.05, 3.63) is 35.9 Å². The molecule has 2 saturated heterocycles. The van der Waals surface area contributed by atoms with Crippen molar-refractivity contribution in [3.8, 4) is 0 Å². The summed E-state index contributed by atoms with van der Waals surface area (Å²) in [6.45, 7) is 1.44. The first-order valence-electron chi connectivity index (χ1n) is 7.54. The van der Waals surface area contributed by atoms with Crippen LogP contribution < -0.4 is 0 Å². The molecule has 0 spiro atoms. The van der Waals surface area contributed by atoms with E-state index in [1.165, 1.54) is 6.92 Å². The van der Waals surface area contributed by atoms with Crippen molar-refractivity contribution in [2.45, 2.75) is 34.7 Å². The third kappa shape index (κ3) is 1.55. The van der Waals surface area contributed by atoms with E-state index in [0.29, 0.717) is 0 Å². The fourth-order valence-electron chi connectivity index (χ4n) is 4.94. The zero-order valence-electron chi connectivity index (χ0n) is 12.0. The van der Waals surface area contributed by atoms with Crippen LogP contribution in [0.25, 0.3) is 0 Å². The van der Waals surface area contributed by atoms with E-state index < -0.39 is 30.6 Å². The van der Waals surface area contributed by atoms with Crippen molar-refractivity contribution in [1.82, 2.24) is 0 Å². The number of benzene rings is 1. The minimum absolute atomic E-state index is 0.0797. The van der Waals surface area contributed by atoms with E-state index in [2.05, 4.69) is 12.1 Å². The number of esters is 1. The summed E-state index contributed by atoms with van der Waals surface area (Å²) < 4.78 is 11.0. The topological polar surface area (TPSA) is 52.6 Å². The van der Waals surface area contributed by atoms with Gasteiger partial charge in [0.1, 0.15) is 0 Å². The Morgan fingerprint density at radius 1 is 1.29 bits per heavy atom. The summed E-state index contributed by atoms with van der Waals surface area (Å²) >= 11 is -2.12. The van der Waals surface area contributed by atoms with Crippen LogP contribution in [-0.2, 0) is 47.6 Å². The molecule has 0 amide bonds. The summed E-state index contributed by atoms with van der Waals surface area (Å²) in [5, 5.41) is 0. The molecule has 106 valence electrons. The summed E-state index contributed by atoms with van der Waals surface area (Å²) in [6.07, 6.45) is 3.17. The van der Waals surface area contributed by atoms with Crippen LogP contribution in [0.4, 0.5) is 0 Å². The fourth-order valence-corrected chi connectivity index (χ4v) is 12.9. The zero-order chi connectivity index (χ0) is 14.7. The average molecular weight is 473 g/mol. The number of ether oxygens (including phenoxy) is 1. The second kappa shape index (κ2) is 4.54. The standard InChI is InChI=1S/C14H13O2.C2H4O2.Hg/c15-13-12-10-7-4-8-11(12)14(10,16-13)9-5-2-1-3-6-9;1-2(3)4;/h1-3,5-6,10-11H,4,7-8H2;1H3,(H,3,4);/q;;+1/p-1. The van der Waals surface area contributed by atoms with Gasteiger partial charge in [-0.1, -0.05) is 0 Å². The maximum atomic E-state index is 12.6. The van der Waals surface area contributed by atoms with Crippen molar-refractivity contribution in [1.29, 1.82) is 0 Å². The summed E-state index contributed by atoms with van der Waals surface area (Å²) in [5.41, 5.74) is 0.703. The van der Waals surface area contributed by atoms with Gasteiger partial charge in [0.2, 0.25) is 0 Å². The second-order valence-corrected chi connectivity index (χ2v) is 13.2. The molecule has 4 bridgehead atoms. The van der Waals surface area contributed by atoms with Crippen molar-refractivity contribution in [2.75, 3.05) is 0 Å². The number of hydrogen-bond donors (Lipinski definition) is 0. The van der Waals surface area contributed by atoms with Crippen molar-refractivity contribution >= 4 is 11.9 Å². The molecule has 2 heterocycles. The quantitative estimate of drug-likeness (QED) is 0.501. The molecular formula is C16H16HgO4. The number of hydrogen-bond acceptors (Lipinski definition) is 4. The van der Waals surface area contributed by atoms with Gasteiger partial charge in [-0.2, -0.15) is 0 Å². The van der Waals surface area contributed by atoms with Crippen molar-refractivity contribution in [3.63, 3.8) is 0 Å². The molecule has 0 N–H and O–H groups in total. The Hall–Kier alpha value is -0.905. The molecule has 1 aromatic carbocycles. The van der Waals surface area contributed by atoms with Gasteiger partial charge in [0.15, 0.2) is 0 Å². The summed E-state index contributed by atoms with van der Waals surface area (Å²) in [7, 11) is 0. The van der Waals surface area contributed by atoms with Gasteiger partial charge < -0.3 is 0 Å². The van der Waals surface area contributed by atoms with Gasteiger partial charge in [-0.05, 0) is 0 Å². The van der Waals surface area contributed by atoms with Crippen LogP contribution in [0, 0.1) is 11.8 Å². The number of fused-ring (bicyclic) bond motifs is 1. The van der Waals surface area contributed by atoms with Crippen LogP contribution in [0.1, 0.15) is 31.7 Å². The van der Waals surface area contributed by atoms with E-state index in [1.807, 2.05) is 18.2 Å². The minimum atomic E-state index is -2.12. The van der Waals surface area contributed by atoms with Gasteiger partial charge in [-0.25, -0.2) is 0 Å². The van der Waals surface area contributed by atoms with E-state index in [4.69, 9.17) is 7.38 Å². The van der Waals surface area contributed by atoms with Gasteiger partial charge in [0, 0.05) is 0 Å². The Kier molecular flexibility index (Phi) is 2.97. The molecule has 0 aromatic heterocycles. The van der Waals surface area contributed by atoms with E-state index in [9.17, 15) is 9.59 Å². The molecule has 5 rings (SSSR count). The molecule has 4 aliphatic rings. The Morgan fingerprint density at radius 2 is 1.95 bits per heavy atom. The number of rotatable bonds is 3. The van der Waals surface area contributed by atoms with Crippen LogP contribution in [0.5, 0.6) is 0 Å². The van der Waals surface area contributed by atoms with Gasteiger partial charge in [0.25, 0.3) is 0 Å². The summed E-state index contributed by atoms with van der Waals surface area (Å²) in [6, 6.07) is 10.1. The van der Waals surface area contributed by atoms with Crippen LogP contribution in [-0.4, -0.2) is 11.9 Å². The van der Waals surface area contributed by atoms with Crippen molar-refractivity contribution in [2.24, 2.45) is 11.8 Å². The molecule has 2 unspecified atom stereocenters. The second-order valence-electron chi connectivity index (χ2n) is 6.41. The Balaban J connectivity index is 1.75. The Labute approximate surface area is 136 Å². The van der Waals surface area contributed by atoms with Crippen LogP contribution in [0.2, 0.25) is 2.92 Å². The van der Waals surface area contributed by atoms with Gasteiger partial charge >= 0.3 is 136 Å². The molecule has 1 aromatic rings. The first-order chi connectivity index (χ1) is 10.1. The van der Waals surface area contributed by atoms with E-state index in [-0.39, 0.29) is 26.7 Å². The molecule has 4 fully saturated rings. The number of carbonyl (C=O) groups is 2. The number of carbonyl (C=O) groups excluding carboxylic acids is 2. The predicted octanol–water partition coefficient (Wildman–Crippen LogP) is 2.59. The van der Waals surface area contributed by atoms with Crippen LogP contribution in [0.15, 0.2) is 30.3 Å². The van der Waals surface area contributed by atoms with Gasteiger partial charge in [0.05, 0.1) is 0 Å². The molecule has 21 heavy (non-hydrogen) atoms. The average Bonchev–Trinajstić information content (AvgIpc) is 2.93. The Bertz CT molecular complexity index is 600. The molecule has 2 atom stereocenters. The normalized spacial score (nSPS) is 39.0. The summed E-state index contributed by atoms with van der Waals surface area (Å²) in [5.74, 6) is 0.157. The van der Waals surface area contributed by atoms with Gasteiger partial charge in [-0.3, -0.25) is 0 Å². The third-order valence-electron chi connectivity index (χ3n) is 5.65. The van der Waals surface area contributed by atoms with E-state index in [1.54, 1.807) is 0 Å². The molecule has 2 saturated carbocycles. The van der Waals surface area contributed by atoms with Crippen LogP contribution in [0.3, 0.4) is 0 Å². The first-order valence-corrected chi connectivity index (χ1v) is 12.5. The van der Waals surface area contributed by atoms with E-state index >= 15 is 0 Å². The SMILES string of the molecule is CC(=O)[O][Hg][C]12C(=O)OC3(c4ccccc4)C1CCCC23. The fraction of sp³-hybridized carbons (Fsp3) is 0.500. The van der Waals surface area contributed by atoms with E-state index in [0.717, 1.165) is 24.8 Å².